The van der Waals surface area contributed by atoms with E-state index in [1.807, 2.05) is 0 Å². The highest BCUT2D eigenvalue weighted by Gasteiger charge is 2.44. The third-order valence-electron chi connectivity index (χ3n) is 3.45. The van der Waals surface area contributed by atoms with Crippen molar-refractivity contribution in [3.8, 4) is 6.07 Å². The Bertz CT molecular complexity index is 463. The third-order valence-corrected chi connectivity index (χ3v) is 3.45. The highest BCUT2D eigenvalue weighted by atomic mass is 16.6. The smallest absolute Gasteiger partial charge is 0.354 e. The lowest BCUT2D eigenvalue weighted by Crippen LogP contribution is -2.53. The normalized spacial score (nSPS) is 18.8. The molecule has 0 saturated carbocycles. The first-order valence-electron chi connectivity index (χ1n) is 7.54. The van der Waals surface area contributed by atoms with Crippen LogP contribution in [0.2, 0.25) is 0 Å². The third kappa shape index (κ3) is 7.10. The first-order chi connectivity index (χ1) is 10.9. The lowest BCUT2D eigenvalue weighted by Gasteiger charge is -2.36. The minimum absolute atomic E-state index is 0.148. The molecule has 0 aromatic rings. The average Bonchev–Trinajstić information content (AvgIpc) is 2.51. The van der Waals surface area contributed by atoms with Crippen molar-refractivity contribution in [3.05, 3.63) is 11.4 Å². The van der Waals surface area contributed by atoms with Gasteiger partial charge in [0.25, 0.3) is 0 Å². The molecule has 0 aliphatic heterocycles. The Morgan fingerprint density at radius 2 is 1.71 bits per heavy atom. The van der Waals surface area contributed by atoms with E-state index in [1.165, 1.54) is 13.2 Å². The fourth-order valence-corrected chi connectivity index (χ4v) is 1.80. The lowest BCUT2D eigenvalue weighted by atomic mass is 9.99. The van der Waals surface area contributed by atoms with Crippen molar-refractivity contribution in [1.29, 1.82) is 5.26 Å². The van der Waals surface area contributed by atoms with Crippen molar-refractivity contribution in [1.82, 2.24) is 0 Å². The van der Waals surface area contributed by atoms with Crippen LogP contribution in [-0.4, -0.2) is 70.9 Å². The van der Waals surface area contributed by atoms with Crippen LogP contribution in [0, 0.1) is 17.9 Å². The minimum atomic E-state index is -1.70. The van der Waals surface area contributed by atoms with Crippen molar-refractivity contribution in [3.63, 3.8) is 0 Å². The summed E-state index contributed by atoms with van der Waals surface area (Å²) in [5, 5.41) is 38.5. The van der Waals surface area contributed by atoms with E-state index >= 15 is 0 Å². The molecule has 138 valence electrons. The maximum absolute atomic E-state index is 10.1. The predicted octanol–water partition coefficient (Wildman–Crippen LogP) is 0.463. The Labute approximate surface area is 143 Å². The molecule has 5 unspecified atom stereocenters. The number of aliphatic hydroxyl groups excluding tert-OH is 3. The summed E-state index contributed by atoms with van der Waals surface area (Å²) in [6, 6.07) is 1.53. The van der Waals surface area contributed by atoms with Crippen molar-refractivity contribution in [2.24, 2.45) is 0 Å². The van der Waals surface area contributed by atoms with E-state index in [2.05, 4.69) is 4.85 Å². The first-order valence-corrected chi connectivity index (χ1v) is 7.54. The number of hydrogen-bond acceptors (Lipinski definition) is 7. The van der Waals surface area contributed by atoms with E-state index in [9.17, 15) is 15.3 Å². The Hall–Kier alpha value is -1.26. The molecule has 0 fully saturated rings. The zero-order chi connectivity index (χ0) is 19.1. The topological polar surface area (TPSA) is 117 Å². The van der Waals surface area contributed by atoms with Gasteiger partial charge >= 0.3 is 6.23 Å². The molecule has 8 nitrogen and oxygen atoms in total. The molecule has 3 N–H and O–H groups in total. The van der Waals surface area contributed by atoms with Crippen LogP contribution < -0.4 is 0 Å². The van der Waals surface area contributed by atoms with Gasteiger partial charge in [0.2, 0.25) is 0 Å². The standard InChI is InChI=1S/C16H28N2O6/c1-15(2,3)23-9-11(12(20)10(19)8-17)24-13(14(21)18-6)16(4,5)22-7/h10-14,19-21H,9H2,1-5,7H3. The Balaban J connectivity index is 5.45. The number of nitriles is 1. The van der Waals surface area contributed by atoms with Gasteiger partial charge in [0.15, 0.2) is 12.2 Å². The molecule has 0 rings (SSSR count). The van der Waals surface area contributed by atoms with Gasteiger partial charge in [-0.05, 0) is 34.6 Å². The molecule has 0 bridgehead atoms. The van der Waals surface area contributed by atoms with Gasteiger partial charge in [0.1, 0.15) is 12.2 Å². The highest BCUT2D eigenvalue weighted by Crippen LogP contribution is 2.24. The fourth-order valence-electron chi connectivity index (χ4n) is 1.80. The Kier molecular flexibility index (Phi) is 8.80. The molecular weight excluding hydrogens is 316 g/mol. The van der Waals surface area contributed by atoms with Crippen LogP contribution in [0.4, 0.5) is 0 Å². The molecule has 0 heterocycles. The van der Waals surface area contributed by atoms with E-state index in [0.717, 1.165) is 0 Å². The fraction of sp³-hybridized carbons (Fsp3) is 0.875. The van der Waals surface area contributed by atoms with Crippen LogP contribution in [-0.2, 0) is 14.2 Å². The number of aliphatic hydroxyl groups is 3. The van der Waals surface area contributed by atoms with Gasteiger partial charge in [0.05, 0.1) is 23.9 Å². The summed E-state index contributed by atoms with van der Waals surface area (Å²) < 4.78 is 16.5. The molecule has 0 amide bonds. The summed E-state index contributed by atoms with van der Waals surface area (Å²) in [6.45, 7) is 15.5. The van der Waals surface area contributed by atoms with Crippen molar-refractivity contribution in [2.45, 2.75) is 76.5 Å². The Morgan fingerprint density at radius 1 is 1.17 bits per heavy atom. The van der Waals surface area contributed by atoms with E-state index in [0.29, 0.717) is 0 Å². The zero-order valence-corrected chi connectivity index (χ0v) is 15.1. The summed E-state index contributed by atoms with van der Waals surface area (Å²) in [5.41, 5.74) is -1.61. The van der Waals surface area contributed by atoms with Gasteiger partial charge in [0, 0.05) is 7.11 Å². The monoisotopic (exact) mass is 344 g/mol. The first kappa shape index (κ1) is 22.7. The summed E-state index contributed by atoms with van der Waals surface area (Å²) in [7, 11) is 1.40. The van der Waals surface area contributed by atoms with Gasteiger partial charge in [-0.1, -0.05) is 0 Å². The second-order valence-corrected chi connectivity index (χ2v) is 6.93. The number of nitrogens with zero attached hydrogens (tertiary/aromatic N) is 2. The van der Waals surface area contributed by atoms with E-state index < -0.39 is 41.8 Å². The van der Waals surface area contributed by atoms with E-state index in [1.54, 1.807) is 34.6 Å². The molecule has 0 radical (unpaired) electrons. The van der Waals surface area contributed by atoms with Crippen LogP contribution in [0.25, 0.3) is 4.85 Å². The van der Waals surface area contributed by atoms with Crippen LogP contribution in [0.1, 0.15) is 34.6 Å². The van der Waals surface area contributed by atoms with Crippen molar-refractivity contribution in [2.75, 3.05) is 13.7 Å². The molecule has 0 aromatic heterocycles. The predicted molar refractivity (Wildman–Crippen MR) is 85.7 cm³/mol. The van der Waals surface area contributed by atoms with Gasteiger partial charge < -0.3 is 29.5 Å². The maximum Gasteiger partial charge on any atom is 0.354 e. The number of ether oxygens (including phenoxy) is 3. The molecular formula is C16H28N2O6. The highest BCUT2D eigenvalue weighted by molar-refractivity contribution is 4.96. The zero-order valence-electron chi connectivity index (χ0n) is 15.1. The molecule has 0 aliphatic carbocycles. The summed E-state index contributed by atoms with van der Waals surface area (Å²) in [4.78, 5) is 3.04. The number of methoxy groups -OCH3 is 1. The van der Waals surface area contributed by atoms with Crippen molar-refractivity contribution >= 4 is 0 Å². The maximum atomic E-state index is 10.1. The van der Waals surface area contributed by atoms with Gasteiger partial charge in [-0.2, -0.15) is 5.26 Å². The van der Waals surface area contributed by atoms with Gasteiger partial charge in [-0.3, -0.25) is 4.85 Å². The van der Waals surface area contributed by atoms with E-state index in [4.69, 9.17) is 26.0 Å². The van der Waals surface area contributed by atoms with Crippen LogP contribution >= 0.6 is 0 Å². The summed E-state index contributed by atoms with van der Waals surface area (Å²) in [5.74, 6) is 0. The van der Waals surface area contributed by atoms with Crippen LogP contribution in [0.5, 0.6) is 0 Å². The largest absolute Gasteiger partial charge is 0.386 e. The molecule has 24 heavy (non-hydrogen) atoms. The lowest BCUT2D eigenvalue weighted by molar-refractivity contribution is -0.209. The minimum Gasteiger partial charge on any atom is -0.386 e. The molecule has 5 atom stereocenters. The van der Waals surface area contributed by atoms with Crippen LogP contribution in [0.3, 0.4) is 0 Å². The number of rotatable bonds is 9. The molecule has 0 saturated heterocycles. The van der Waals surface area contributed by atoms with E-state index in [-0.39, 0.29) is 6.61 Å². The SMILES string of the molecule is [C-]#[N+]C(O)C(OC(COC(C)(C)C)C(O)C(O)C#N)C(C)(C)OC. The number of hydrogen-bond donors (Lipinski definition) is 3. The average molecular weight is 344 g/mol. The summed E-state index contributed by atoms with van der Waals surface area (Å²) in [6.07, 6.45) is -7.10. The quantitative estimate of drug-likeness (QED) is 0.411. The molecule has 0 aromatic carbocycles. The van der Waals surface area contributed by atoms with Gasteiger partial charge in [-0.15, -0.1) is 0 Å². The summed E-state index contributed by atoms with van der Waals surface area (Å²) >= 11 is 0. The molecule has 0 spiro atoms. The second kappa shape index (κ2) is 9.28. The Morgan fingerprint density at radius 3 is 2.08 bits per heavy atom. The second-order valence-electron chi connectivity index (χ2n) is 6.93. The molecule has 8 heteroatoms. The molecule has 0 aliphatic rings. The van der Waals surface area contributed by atoms with Crippen molar-refractivity contribution < 1.29 is 29.5 Å². The van der Waals surface area contributed by atoms with Gasteiger partial charge in [-0.25, -0.2) is 6.57 Å². The van der Waals surface area contributed by atoms with Crippen LogP contribution in [0.15, 0.2) is 0 Å².